The van der Waals surface area contributed by atoms with Crippen molar-refractivity contribution in [2.75, 3.05) is 32.8 Å². The van der Waals surface area contributed by atoms with E-state index in [0.29, 0.717) is 31.6 Å². The molecule has 4 nitrogen and oxygen atoms in total. The van der Waals surface area contributed by atoms with Crippen molar-refractivity contribution in [1.82, 2.24) is 4.90 Å². The molecule has 92 valence electrons. The maximum absolute atomic E-state index is 12.3. The Morgan fingerprint density at radius 3 is 2.62 bits per heavy atom. The highest BCUT2D eigenvalue weighted by atomic mass is 16.5. The highest BCUT2D eigenvalue weighted by Gasteiger charge is 2.33. The Morgan fingerprint density at radius 2 is 1.94 bits per heavy atom. The highest BCUT2D eigenvalue weighted by Crippen LogP contribution is 2.30. The highest BCUT2D eigenvalue weighted by molar-refractivity contribution is 5.79. The summed E-state index contributed by atoms with van der Waals surface area (Å²) in [5.74, 6) is 0.902. The fourth-order valence-corrected chi connectivity index (χ4v) is 2.83. The lowest BCUT2D eigenvalue weighted by molar-refractivity contribution is -0.142. The molecule has 0 aromatic carbocycles. The first kappa shape index (κ1) is 11.9. The molecule has 2 fully saturated rings. The first-order valence-electron chi connectivity index (χ1n) is 6.39. The van der Waals surface area contributed by atoms with Crippen LogP contribution in [0.2, 0.25) is 0 Å². The fraction of sp³-hybridized carbons (Fsp3) is 0.917. The van der Waals surface area contributed by atoms with Crippen LogP contribution >= 0.6 is 0 Å². The third-order valence-corrected chi connectivity index (χ3v) is 3.85. The topological polar surface area (TPSA) is 55.6 Å². The van der Waals surface area contributed by atoms with Gasteiger partial charge in [-0.05, 0) is 25.3 Å². The second-order valence-corrected chi connectivity index (χ2v) is 4.82. The molecule has 2 atom stereocenters. The molecule has 0 spiro atoms. The minimum atomic E-state index is 0.178. The first-order valence-corrected chi connectivity index (χ1v) is 6.39. The molecule has 16 heavy (non-hydrogen) atoms. The molecular weight excluding hydrogens is 204 g/mol. The fourth-order valence-electron chi connectivity index (χ4n) is 2.83. The standard InChI is InChI=1S/C12H22N2O2/c13-9-10-3-1-2-4-11(10)12(15)14-5-7-16-8-6-14/h10-11H,1-9,13H2. The lowest BCUT2D eigenvalue weighted by Crippen LogP contribution is -2.47. The van der Waals surface area contributed by atoms with E-state index >= 15 is 0 Å². The smallest absolute Gasteiger partial charge is 0.226 e. The molecule has 2 aliphatic rings. The van der Waals surface area contributed by atoms with Gasteiger partial charge in [0.15, 0.2) is 0 Å². The third kappa shape index (κ3) is 2.55. The van der Waals surface area contributed by atoms with Crippen LogP contribution in [0.15, 0.2) is 0 Å². The zero-order chi connectivity index (χ0) is 11.4. The maximum Gasteiger partial charge on any atom is 0.226 e. The largest absolute Gasteiger partial charge is 0.378 e. The molecule has 1 amide bonds. The Balaban J connectivity index is 1.95. The third-order valence-electron chi connectivity index (χ3n) is 3.85. The number of ether oxygens (including phenoxy) is 1. The van der Waals surface area contributed by atoms with E-state index in [1.54, 1.807) is 0 Å². The monoisotopic (exact) mass is 226 g/mol. The van der Waals surface area contributed by atoms with Gasteiger partial charge >= 0.3 is 0 Å². The molecule has 1 aliphatic heterocycles. The van der Waals surface area contributed by atoms with Crippen molar-refractivity contribution < 1.29 is 9.53 Å². The molecule has 1 saturated carbocycles. The predicted molar refractivity (Wildman–Crippen MR) is 61.9 cm³/mol. The van der Waals surface area contributed by atoms with Crippen LogP contribution in [0.5, 0.6) is 0 Å². The molecule has 0 aromatic heterocycles. The zero-order valence-corrected chi connectivity index (χ0v) is 9.86. The van der Waals surface area contributed by atoms with Crippen LogP contribution in [0, 0.1) is 11.8 Å². The van der Waals surface area contributed by atoms with Crippen LogP contribution in [-0.2, 0) is 9.53 Å². The Labute approximate surface area is 97.1 Å². The number of amides is 1. The number of rotatable bonds is 2. The molecule has 4 heteroatoms. The van der Waals surface area contributed by atoms with Gasteiger partial charge in [-0.25, -0.2) is 0 Å². The van der Waals surface area contributed by atoms with Gasteiger partial charge in [-0.1, -0.05) is 12.8 Å². The molecule has 0 aromatic rings. The first-order chi connectivity index (χ1) is 7.83. The van der Waals surface area contributed by atoms with Crippen LogP contribution in [0.3, 0.4) is 0 Å². The normalized spacial score (nSPS) is 31.4. The summed E-state index contributed by atoms with van der Waals surface area (Å²) in [4.78, 5) is 14.3. The van der Waals surface area contributed by atoms with Gasteiger partial charge in [0.1, 0.15) is 0 Å². The van der Waals surface area contributed by atoms with Gasteiger partial charge < -0.3 is 15.4 Å². The Bertz CT molecular complexity index is 239. The second-order valence-electron chi connectivity index (χ2n) is 4.82. The van der Waals surface area contributed by atoms with Gasteiger partial charge in [-0.3, -0.25) is 4.79 Å². The molecule has 1 heterocycles. The van der Waals surface area contributed by atoms with Crippen molar-refractivity contribution in [1.29, 1.82) is 0 Å². The average Bonchev–Trinajstić information content (AvgIpc) is 2.39. The number of nitrogens with two attached hydrogens (primary N) is 1. The Kier molecular flexibility index (Phi) is 4.18. The van der Waals surface area contributed by atoms with Crippen molar-refractivity contribution >= 4 is 5.91 Å². The number of hydrogen-bond acceptors (Lipinski definition) is 3. The molecule has 2 rings (SSSR count). The maximum atomic E-state index is 12.3. The summed E-state index contributed by atoms with van der Waals surface area (Å²) in [6, 6.07) is 0. The molecule has 0 bridgehead atoms. The zero-order valence-electron chi connectivity index (χ0n) is 9.86. The number of carbonyl (C=O) groups is 1. The summed E-state index contributed by atoms with van der Waals surface area (Å²) < 4.78 is 5.27. The number of hydrogen-bond donors (Lipinski definition) is 1. The summed E-state index contributed by atoms with van der Waals surface area (Å²) in [5, 5.41) is 0. The minimum Gasteiger partial charge on any atom is -0.378 e. The van der Waals surface area contributed by atoms with E-state index in [0.717, 1.165) is 25.9 Å². The van der Waals surface area contributed by atoms with Gasteiger partial charge in [0, 0.05) is 19.0 Å². The van der Waals surface area contributed by atoms with Gasteiger partial charge in [0.05, 0.1) is 13.2 Å². The van der Waals surface area contributed by atoms with Crippen LogP contribution in [-0.4, -0.2) is 43.7 Å². The van der Waals surface area contributed by atoms with Crippen molar-refractivity contribution in [3.05, 3.63) is 0 Å². The summed E-state index contributed by atoms with van der Waals surface area (Å²) in [6.07, 6.45) is 4.56. The quantitative estimate of drug-likeness (QED) is 0.750. The lowest BCUT2D eigenvalue weighted by Gasteiger charge is -2.35. The SMILES string of the molecule is NCC1CCCCC1C(=O)N1CCOCC1. The van der Waals surface area contributed by atoms with Gasteiger partial charge in [-0.15, -0.1) is 0 Å². The van der Waals surface area contributed by atoms with Crippen LogP contribution in [0.1, 0.15) is 25.7 Å². The van der Waals surface area contributed by atoms with E-state index in [4.69, 9.17) is 10.5 Å². The van der Waals surface area contributed by atoms with Crippen LogP contribution in [0.25, 0.3) is 0 Å². The van der Waals surface area contributed by atoms with Crippen LogP contribution < -0.4 is 5.73 Å². The molecule has 2 unspecified atom stereocenters. The Hall–Kier alpha value is -0.610. The second kappa shape index (κ2) is 5.64. The van der Waals surface area contributed by atoms with Gasteiger partial charge in [0.2, 0.25) is 5.91 Å². The molecular formula is C12H22N2O2. The van der Waals surface area contributed by atoms with Crippen LogP contribution in [0.4, 0.5) is 0 Å². The van der Waals surface area contributed by atoms with Crippen molar-refractivity contribution in [2.24, 2.45) is 17.6 Å². The molecule has 2 N–H and O–H groups in total. The summed E-state index contributed by atoms with van der Waals surface area (Å²) >= 11 is 0. The number of nitrogens with zero attached hydrogens (tertiary/aromatic N) is 1. The Morgan fingerprint density at radius 1 is 1.25 bits per heavy atom. The minimum absolute atomic E-state index is 0.178. The van der Waals surface area contributed by atoms with Crippen molar-refractivity contribution in [3.8, 4) is 0 Å². The predicted octanol–water partition coefficient (Wildman–Crippen LogP) is 0.610. The van der Waals surface area contributed by atoms with Crippen molar-refractivity contribution in [3.63, 3.8) is 0 Å². The van der Waals surface area contributed by atoms with Gasteiger partial charge in [0.25, 0.3) is 0 Å². The molecule has 0 radical (unpaired) electrons. The van der Waals surface area contributed by atoms with E-state index in [1.165, 1.54) is 12.8 Å². The van der Waals surface area contributed by atoms with E-state index < -0.39 is 0 Å². The number of carbonyl (C=O) groups excluding carboxylic acids is 1. The van der Waals surface area contributed by atoms with Gasteiger partial charge in [-0.2, -0.15) is 0 Å². The molecule has 1 saturated heterocycles. The van der Waals surface area contributed by atoms with E-state index in [1.807, 2.05) is 4.90 Å². The van der Waals surface area contributed by atoms with E-state index in [2.05, 4.69) is 0 Å². The summed E-state index contributed by atoms with van der Waals surface area (Å²) in [7, 11) is 0. The average molecular weight is 226 g/mol. The summed E-state index contributed by atoms with van der Waals surface area (Å²) in [6.45, 7) is 3.54. The van der Waals surface area contributed by atoms with E-state index in [9.17, 15) is 4.79 Å². The summed E-state index contributed by atoms with van der Waals surface area (Å²) in [5.41, 5.74) is 5.77. The van der Waals surface area contributed by atoms with E-state index in [-0.39, 0.29) is 5.92 Å². The molecule has 1 aliphatic carbocycles. The number of morpholine rings is 1. The van der Waals surface area contributed by atoms with Crippen molar-refractivity contribution in [2.45, 2.75) is 25.7 Å². The lowest BCUT2D eigenvalue weighted by atomic mass is 9.78.